The maximum absolute atomic E-state index is 11.4. The van der Waals surface area contributed by atoms with Gasteiger partial charge in [0.05, 0.1) is 18.8 Å². The van der Waals surface area contributed by atoms with E-state index in [4.69, 9.17) is 4.74 Å². The molecule has 5 heteroatoms. The van der Waals surface area contributed by atoms with E-state index >= 15 is 0 Å². The molecule has 100 valence electrons. The highest BCUT2D eigenvalue weighted by Crippen LogP contribution is 2.28. The summed E-state index contributed by atoms with van der Waals surface area (Å²) in [5, 5.41) is 1.86. The molecule has 1 aromatic carbocycles. The fourth-order valence-corrected chi connectivity index (χ4v) is 2.79. The number of aromatic nitrogens is 2. The number of rotatable bonds is 2. The second kappa shape index (κ2) is 5.02. The Bertz CT molecular complexity index is 795. The largest absolute Gasteiger partial charge is 0.465 e. The van der Waals surface area contributed by atoms with Crippen molar-refractivity contribution in [2.24, 2.45) is 0 Å². The number of aryl methyl sites for hydroxylation is 1. The Labute approximate surface area is 120 Å². The first-order valence-electron chi connectivity index (χ1n) is 6.09. The number of hydrogen-bond donors (Lipinski definition) is 0. The second-order valence-electron chi connectivity index (χ2n) is 4.38. The third-order valence-electron chi connectivity index (χ3n) is 2.97. The lowest BCUT2D eigenvalue weighted by atomic mass is 10.1. The maximum atomic E-state index is 11.4. The van der Waals surface area contributed by atoms with Gasteiger partial charge in [0.2, 0.25) is 0 Å². The van der Waals surface area contributed by atoms with Crippen molar-refractivity contribution in [1.82, 2.24) is 9.97 Å². The summed E-state index contributed by atoms with van der Waals surface area (Å²) in [6.45, 7) is 1.97. The van der Waals surface area contributed by atoms with Crippen molar-refractivity contribution in [1.29, 1.82) is 0 Å². The van der Waals surface area contributed by atoms with Crippen LogP contribution in [0.4, 0.5) is 0 Å². The van der Waals surface area contributed by atoms with E-state index in [1.807, 2.05) is 37.3 Å². The number of methoxy groups -OCH3 is 1. The van der Waals surface area contributed by atoms with E-state index in [9.17, 15) is 4.79 Å². The molecule has 4 nitrogen and oxygen atoms in total. The molecular weight excluding hydrogens is 272 g/mol. The number of carbonyl (C=O) groups is 1. The number of benzene rings is 1. The highest BCUT2D eigenvalue weighted by molar-refractivity contribution is 7.16. The lowest BCUT2D eigenvalue weighted by Gasteiger charge is -2.01. The van der Waals surface area contributed by atoms with Gasteiger partial charge in [-0.3, -0.25) is 4.98 Å². The summed E-state index contributed by atoms with van der Waals surface area (Å²) >= 11 is 1.32. The Morgan fingerprint density at radius 2 is 2.10 bits per heavy atom. The van der Waals surface area contributed by atoms with Crippen LogP contribution in [0.25, 0.3) is 21.5 Å². The van der Waals surface area contributed by atoms with Crippen LogP contribution < -0.4 is 0 Å². The van der Waals surface area contributed by atoms with Crippen LogP contribution in [0.15, 0.2) is 36.5 Å². The Morgan fingerprint density at radius 1 is 1.25 bits per heavy atom. The van der Waals surface area contributed by atoms with Gasteiger partial charge in [0.15, 0.2) is 0 Å². The van der Waals surface area contributed by atoms with Crippen molar-refractivity contribution < 1.29 is 9.53 Å². The zero-order valence-electron chi connectivity index (χ0n) is 11.1. The monoisotopic (exact) mass is 284 g/mol. The van der Waals surface area contributed by atoms with Crippen LogP contribution in [0, 0.1) is 6.92 Å². The summed E-state index contributed by atoms with van der Waals surface area (Å²) < 4.78 is 4.69. The number of esters is 1. The summed E-state index contributed by atoms with van der Waals surface area (Å²) in [5.41, 5.74) is 2.93. The van der Waals surface area contributed by atoms with Crippen LogP contribution >= 0.6 is 11.3 Å². The predicted molar refractivity (Wildman–Crippen MR) is 78.9 cm³/mol. The first-order chi connectivity index (χ1) is 9.67. The zero-order chi connectivity index (χ0) is 14.1. The maximum Gasteiger partial charge on any atom is 0.349 e. The molecule has 2 aromatic heterocycles. The summed E-state index contributed by atoms with van der Waals surface area (Å²) in [6.07, 6.45) is 1.55. The van der Waals surface area contributed by atoms with Gasteiger partial charge in [-0.2, -0.15) is 0 Å². The van der Waals surface area contributed by atoms with Crippen molar-refractivity contribution >= 4 is 28.2 Å². The fourth-order valence-electron chi connectivity index (χ4n) is 1.96. The molecule has 0 aliphatic rings. The summed E-state index contributed by atoms with van der Waals surface area (Å²) in [7, 11) is 1.37. The van der Waals surface area contributed by atoms with Crippen LogP contribution in [-0.2, 0) is 4.74 Å². The van der Waals surface area contributed by atoms with Crippen molar-refractivity contribution in [3.05, 3.63) is 47.1 Å². The van der Waals surface area contributed by atoms with E-state index in [1.54, 1.807) is 6.20 Å². The number of thiazole rings is 1. The summed E-state index contributed by atoms with van der Waals surface area (Å²) in [4.78, 5) is 20.7. The summed E-state index contributed by atoms with van der Waals surface area (Å²) in [5.74, 6) is -0.355. The van der Waals surface area contributed by atoms with Crippen LogP contribution in [0.1, 0.15) is 15.4 Å². The quantitative estimate of drug-likeness (QED) is 0.676. The third kappa shape index (κ3) is 2.28. The molecule has 0 spiro atoms. The van der Waals surface area contributed by atoms with E-state index in [-0.39, 0.29) is 5.97 Å². The average Bonchev–Trinajstić information content (AvgIpc) is 2.95. The molecule has 0 radical (unpaired) electrons. The molecule has 0 N–H and O–H groups in total. The molecule has 0 unspecified atom stereocenters. The Hall–Kier alpha value is -2.27. The van der Waals surface area contributed by atoms with E-state index in [0.717, 1.165) is 27.2 Å². The van der Waals surface area contributed by atoms with E-state index in [1.165, 1.54) is 18.4 Å². The Balaban J connectivity index is 2.03. The fraction of sp³-hybridized carbons (Fsp3) is 0.133. The molecule has 0 aliphatic heterocycles. The predicted octanol–water partition coefficient (Wildman–Crippen LogP) is 3.45. The Kier molecular flexibility index (Phi) is 3.20. The molecular formula is C15H12N2O2S. The molecule has 3 aromatic rings. The second-order valence-corrected chi connectivity index (χ2v) is 5.41. The topological polar surface area (TPSA) is 52.1 Å². The van der Waals surface area contributed by atoms with Gasteiger partial charge in [-0.25, -0.2) is 9.78 Å². The first-order valence-corrected chi connectivity index (χ1v) is 6.91. The Morgan fingerprint density at radius 3 is 2.90 bits per heavy atom. The van der Waals surface area contributed by atoms with Gasteiger partial charge in [-0.1, -0.05) is 6.07 Å². The van der Waals surface area contributed by atoms with Gasteiger partial charge in [-0.15, -0.1) is 11.3 Å². The van der Waals surface area contributed by atoms with Crippen LogP contribution in [0.3, 0.4) is 0 Å². The van der Waals surface area contributed by atoms with Crippen molar-refractivity contribution in [2.75, 3.05) is 7.11 Å². The van der Waals surface area contributed by atoms with Gasteiger partial charge in [-0.05, 0) is 31.2 Å². The van der Waals surface area contributed by atoms with Crippen LogP contribution in [0.5, 0.6) is 0 Å². The van der Waals surface area contributed by atoms with Crippen molar-refractivity contribution in [3.8, 4) is 10.6 Å². The minimum absolute atomic E-state index is 0.355. The third-order valence-corrected chi connectivity index (χ3v) is 3.99. The number of hydrogen-bond acceptors (Lipinski definition) is 5. The summed E-state index contributed by atoms with van der Waals surface area (Å²) in [6, 6.07) is 9.98. The van der Waals surface area contributed by atoms with E-state index in [0.29, 0.717) is 4.88 Å². The van der Waals surface area contributed by atoms with E-state index in [2.05, 4.69) is 9.97 Å². The van der Waals surface area contributed by atoms with E-state index < -0.39 is 0 Å². The molecule has 0 bridgehead atoms. The normalized spacial score (nSPS) is 10.7. The zero-order valence-corrected chi connectivity index (χ0v) is 11.9. The lowest BCUT2D eigenvalue weighted by Crippen LogP contribution is -1.96. The van der Waals surface area contributed by atoms with Gasteiger partial charge in [0, 0.05) is 16.6 Å². The SMILES string of the molecule is COC(=O)c1cnc(-c2ccc3nc(C)ccc3c2)s1. The van der Waals surface area contributed by atoms with Crippen molar-refractivity contribution in [3.63, 3.8) is 0 Å². The molecule has 0 saturated heterocycles. The average molecular weight is 284 g/mol. The molecule has 0 atom stereocenters. The lowest BCUT2D eigenvalue weighted by molar-refractivity contribution is 0.0606. The number of ether oxygens (including phenoxy) is 1. The molecule has 3 rings (SSSR count). The molecule has 0 amide bonds. The minimum Gasteiger partial charge on any atom is -0.465 e. The van der Waals surface area contributed by atoms with Gasteiger partial charge in [0.1, 0.15) is 9.88 Å². The number of nitrogens with zero attached hydrogens (tertiary/aromatic N) is 2. The molecule has 2 heterocycles. The van der Waals surface area contributed by atoms with Gasteiger partial charge < -0.3 is 4.74 Å². The molecule has 0 aliphatic carbocycles. The van der Waals surface area contributed by atoms with Crippen LogP contribution in [0.2, 0.25) is 0 Å². The first kappa shape index (κ1) is 12.7. The minimum atomic E-state index is -0.355. The molecule has 0 saturated carbocycles. The van der Waals surface area contributed by atoms with Crippen LogP contribution in [-0.4, -0.2) is 23.0 Å². The number of carbonyl (C=O) groups excluding carboxylic acids is 1. The molecule has 20 heavy (non-hydrogen) atoms. The van der Waals surface area contributed by atoms with Gasteiger partial charge >= 0.3 is 5.97 Å². The smallest absolute Gasteiger partial charge is 0.349 e. The standard InChI is InChI=1S/C15H12N2O2S/c1-9-3-4-10-7-11(5-6-12(10)17-9)14-16-8-13(20-14)15(18)19-2/h3-8H,1-2H3. The number of pyridine rings is 1. The highest BCUT2D eigenvalue weighted by Gasteiger charge is 2.12. The number of fused-ring (bicyclic) bond motifs is 1. The van der Waals surface area contributed by atoms with Gasteiger partial charge in [0.25, 0.3) is 0 Å². The van der Waals surface area contributed by atoms with Crippen molar-refractivity contribution in [2.45, 2.75) is 6.92 Å². The molecule has 0 fully saturated rings. The highest BCUT2D eigenvalue weighted by atomic mass is 32.1.